The van der Waals surface area contributed by atoms with Crippen LogP contribution in [0.25, 0.3) is 22.3 Å². The van der Waals surface area contributed by atoms with E-state index >= 15 is 0 Å². The minimum Gasteiger partial charge on any atom is -0.508 e. The Morgan fingerprint density at radius 2 is 0.936 bits per heavy atom. The molecule has 0 saturated heterocycles. The highest BCUT2D eigenvalue weighted by Gasteiger charge is 2.40. The molecule has 2 aliphatic rings. The maximum absolute atomic E-state index is 13.8. The summed E-state index contributed by atoms with van der Waals surface area (Å²) >= 11 is 0. The van der Waals surface area contributed by atoms with Crippen LogP contribution in [0.5, 0.6) is 5.75 Å². The zero-order chi connectivity index (χ0) is 32.5. The number of rotatable bonds is 8. The van der Waals surface area contributed by atoms with E-state index in [4.69, 9.17) is 9.47 Å². The summed E-state index contributed by atoms with van der Waals surface area (Å²) in [5.41, 5.74) is 8.56. The number of carbonyl (C=O) groups is 3. The second-order valence-electron chi connectivity index (χ2n) is 11.7. The number of nitrogens with zero attached hydrogens (tertiary/aromatic N) is 1. The van der Waals surface area contributed by atoms with Gasteiger partial charge in [0.2, 0.25) is 0 Å². The summed E-state index contributed by atoms with van der Waals surface area (Å²) in [5.74, 6) is -1.99. The van der Waals surface area contributed by atoms with Crippen molar-refractivity contribution in [2.24, 2.45) is 0 Å². The van der Waals surface area contributed by atoms with E-state index in [2.05, 4.69) is 0 Å². The van der Waals surface area contributed by atoms with Crippen LogP contribution < -0.4 is 0 Å². The lowest BCUT2D eigenvalue weighted by Crippen LogP contribution is -2.50. The Balaban J connectivity index is 1.16. The molecule has 47 heavy (non-hydrogen) atoms. The fourth-order valence-electron chi connectivity index (χ4n) is 6.80. The number of imide groups is 1. The minimum absolute atomic E-state index is 0.00514. The maximum Gasteiger partial charge on any atom is 0.420 e. The molecular formula is C39H31NO7. The Morgan fingerprint density at radius 1 is 0.574 bits per heavy atom. The van der Waals surface area contributed by atoms with E-state index in [9.17, 15) is 24.6 Å². The van der Waals surface area contributed by atoms with Crippen molar-refractivity contribution in [3.63, 3.8) is 0 Å². The average Bonchev–Trinajstić information content (AvgIpc) is 3.59. The van der Waals surface area contributed by atoms with Gasteiger partial charge in [0.05, 0.1) is 0 Å². The van der Waals surface area contributed by atoms with Crippen molar-refractivity contribution < 1.29 is 34.1 Å². The zero-order valence-corrected chi connectivity index (χ0v) is 25.3. The van der Waals surface area contributed by atoms with Gasteiger partial charge in [-0.3, -0.25) is 0 Å². The fraction of sp³-hybridized carbons (Fsp3) is 0.154. The number of fused-ring (bicyclic) bond motifs is 6. The van der Waals surface area contributed by atoms with Crippen molar-refractivity contribution in [2.45, 2.75) is 24.3 Å². The third kappa shape index (κ3) is 5.59. The van der Waals surface area contributed by atoms with Crippen molar-refractivity contribution in [1.82, 2.24) is 4.90 Å². The molecule has 0 spiro atoms. The molecule has 0 fully saturated rings. The quantitative estimate of drug-likeness (QED) is 0.183. The third-order valence-corrected chi connectivity index (χ3v) is 9.03. The first-order valence-electron chi connectivity index (χ1n) is 15.4. The highest BCUT2D eigenvalue weighted by Crippen LogP contribution is 2.46. The van der Waals surface area contributed by atoms with E-state index in [1.807, 2.05) is 97.1 Å². The molecule has 5 aromatic rings. The Morgan fingerprint density at radius 3 is 1.30 bits per heavy atom. The first-order chi connectivity index (χ1) is 22.9. The van der Waals surface area contributed by atoms with Crippen LogP contribution in [0, 0.1) is 0 Å². The molecule has 8 nitrogen and oxygen atoms in total. The second-order valence-corrected chi connectivity index (χ2v) is 11.7. The number of benzene rings is 5. The van der Waals surface area contributed by atoms with Crippen molar-refractivity contribution in [3.8, 4) is 28.0 Å². The van der Waals surface area contributed by atoms with Crippen LogP contribution in [-0.2, 0) is 20.7 Å². The highest BCUT2D eigenvalue weighted by molar-refractivity contribution is 5.94. The number of phenolic OH excluding ortho intramolecular Hbond substituents is 1. The van der Waals surface area contributed by atoms with Gasteiger partial charge >= 0.3 is 18.2 Å². The number of ether oxygens (including phenoxy) is 2. The highest BCUT2D eigenvalue weighted by atomic mass is 16.6. The number of aromatic hydroxyl groups is 1. The van der Waals surface area contributed by atoms with Gasteiger partial charge in [-0.15, -0.1) is 0 Å². The molecule has 1 atom stereocenters. The summed E-state index contributed by atoms with van der Waals surface area (Å²) in [5, 5.41) is 20.1. The number of carbonyl (C=O) groups excluding carboxylic acids is 2. The van der Waals surface area contributed by atoms with Gasteiger partial charge in [0.15, 0.2) is 0 Å². The lowest BCUT2D eigenvalue weighted by molar-refractivity contribution is -0.142. The van der Waals surface area contributed by atoms with Crippen LogP contribution in [0.4, 0.5) is 9.59 Å². The summed E-state index contributed by atoms with van der Waals surface area (Å²) in [6, 6.07) is 35.7. The van der Waals surface area contributed by atoms with E-state index in [-0.39, 0.29) is 37.2 Å². The van der Waals surface area contributed by atoms with E-state index in [1.54, 1.807) is 12.1 Å². The first kappa shape index (κ1) is 29.8. The average molecular weight is 626 g/mol. The van der Waals surface area contributed by atoms with Crippen molar-refractivity contribution >= 4 is 18.2 Å². The van der Waals surface area contributed by atoms with Crippen LogP contribution in [0.1, 0.15) is 39.7 Å². The van der Waals surface area contributed by atoms with Gasteiger partial charge in [-0.1, -0.05) is 109 Å². The molecule has 2 aliphatic carbocycles. The van der Waals surface area contributed by atoms with E-state index in [0.29, 0.717) is 10.5 Å². The molecule has 8 heteroatoms. The number of hydrogen-bond acceptors (Lipinski definition) is 6. The fourth-order valence-corrected chi connectivity index (χ4v) is 6.80. The number of aliphatic carboxylic acids is 1. The first-order valence-corrected chi connectivity index (χ1v) is 15.4. The summed E-state index contributed by atoms with van der Waals surface area (Å²) in [6.45, 7) is -0.211. The molecule has 0 aliphatic heterocycles. The number of carboxylic acid groups (broad SMARTS) is 1. The van der Waals surface area contributed by atoms with Gasteiger partial charge in [-0.25, -0.2) is 14.4 Å². The number of carboxylic acids is 1. The molecule has 2 amide bonds. The topological polar surface area (TPSA) is 113 Å². The van der Waals surface area contributed by atoms with Crippen molar-refractivity contribution in [3.05, 3.63) is 149 Å². The molecule has 5 aromatic carbocycles. The van der Waals surface area contributed by atoms with E-state index in [0.717, 1.165) is 44.5 Å². The number of amides is 2. The van der Waals surface area contributed by atoms with Gasteiger partial charge in [-0.2, -0.15) is 4.90 Å². The van der Waals surface area contributed by atoms with Crippen molar-refractivity contribution in [2.75, 3.05) is 13.2 Å². The molecule has 7 rings (SSSR count). The summed E-state index contributed by atoms with van der Waals surface area (Å²) in [6.07, 6.45) is -2.45. The van der Waals surface area contributed by atoms with Crippen LogP contribution in [0.3, 0.4) is 0 Å². The SMILES string of the molecule is O=C(O)[C@H](Cc1ccc(O)cc1)N(C(=O)OCC1c2ccccc2-c2ccccc21)C(=O)OCC1c2ccccc2-c2ccccc21. The zero-order valence-electron chi connectivity index (χ0n) is 25.3. The molecule has 0 aromatic heterocycles. The number of phenols is 1. The van der Waals surface area contributed by atoms with Crippen molar-refractivity contribution in [1.29, 1.82) is 0 Å². The molecular weight excluding hydrogens is 594 g/mol. The molecule has 0 heterocycles. The van der Waals surface area contributed by atoms with Gasteiger partial charge in [0.25, 0.3) is 0 Å². The molecule has 0 radical (unpaired) electrons. The smallest absolute Gasteiger partial charge is 0.420 e. The van der Waals surface area contributed by atoms with Gasteiger partial charge in [-0.05, 0) is 62.2 Å². The lowest BCUT2D eigenvalue weighted by atomic mass is 9.98. The summed E-state index contributed by atoms with van der Waals surface area (Å²) in [4.78, 5) is 41.0. The van der Waals surface area contributed by atoms with Crippen LogP contribution in [0.15, 0.2) is 121 Å². The Labute approximate surface area is 271 Å². The molecule has 234 valence electrons. The third-order valence-electron chi connectivity index (χ3n) is 9.03. The normalized spacial score (nSPS) is 13.5. The van der Waals surface area contributed by atoms with Crippen LogP contribution >= 0.6 is 0 Å². The molecule has 0 unspecified atom stereocenters. The predicted molar refractivity (Wildman–Crippen MR) is 175 cm³/mol. The Bertz CT molecular complexity index is 1780. The predicted octanol–water partition coefficient (Wildman–Crippen LogP) is 7.59. The maximum atomic E-state index is 13.8. The second kappa shape index (κ2) is 12.5. The van der Waals surface area contributed by atoms with Gasteiger partial charge in [0.1, 0.15) is 25.0 Å². The lowest BCUT2D eigenvalue weighted by Gasteiger charge is -2.27. The van der Waals surface area contributed by atoms with Gasteiger partial charge < -0.3 is 19.7 Å². The van der Waals surface area contributed by atoms with Crippen LogP contribution in [0.2, 0.25) is 0 Å². The van der Waals surface area contributed by atoms with Crippen LogP contribution in [-0.4, -0.2) is 52.5 Å². The van der Waals surface area contributed by atoms with Gasteiger partial charge in [0, 0.05) is 18.3 Å². The monoisotopic (exact) mass is 625 g/mol. The van der Waals surface area contributed by atoms with E-state index < -0.39 is 24.2 Å². The molecule has 0 saturated carbocycles. The summed E-state index contributed by atoms with van der Waals surface area (Å²) in [7, 11) is 0. The number of hydrogen-bond donors (Lipinski definition) is 2. The Hall–Kier alpha value is -5.89. The molecule has 2 N–H and O–H groups in total. The standard InChI is InChI=1S/C39H31NO7/c41-25-19-17-24(18-20-25)21-36(37(42)43)40(38(44)46-22-34-30-13-5-1-9-26(30)27-10-2-6-14-31(27)34)39(45)47-23-35-32-15-7-3-11-28(32)29-12-4-8-16-33(29)35/h1-20,34-36,41H,21-23H2,(H,42,43)/t36-/m0/s1. The minimum atomic E-state index is -1.63. The molecule has 0 bridgehead atoms. The largest absolute Gasteiger partial charge is 0.508 e. The van der Waals surface area contributed by atoms with E-state index in [1.165, 1.54) is 12.1 Å². The Kier molecular flexibility index (Phi) is 7.91. The summed E-state index contributed by atoms with van der Waals surface area (Å²) < 4.78 is 11.6.